The van der Waals surface area contributed by atoms with E-state index < -0.39 is 33.8 Å². The van der Waals surface area contributed by atoms with E-state index in [9.17, 15) is 18.0 Å². The Hall–Kier alpha value is -2.66. The van der Waals surface area contributed by atoms with Gasteiger partial charge in [-0.2, -0.15) is 0 Å². The van der Waals surface area contributed by atoms with Gasteiger partial charge in [-0.15, -0.1) is 11.3 Å². The Bertz CT molecular complexity index is 1110. The number of benzene rings is 1. The smallest absolute Gasteiger partial charge is 0.408 e. The number of sulfonamides is 1. The van der Waals surface area contributed by atoms with E-state index in [1.54, 1.807) is 45.0 Å². The summed E-state index contributed by atoms with van der Waals surface area (Å²) in [5.74, 6) is -0.508. The van der Waals surface area contributed by atoms with Gasteiger partial charge >= 0.3 is 6.09 Å². The van der Waals surface area contributed by atoms with Crippen LogP contribution >= 0.6 is 11.3 Å². The number of carbonyl (C=O) groups is 2. The molecule has 0 bridgehead atoms. The lowest BCUT2D eigenvalue weighted by Gasteiger charge is -2.27. The fraction of sp³-hybridized carbons (Fsp3) is 0.542. The molecule has 3 N–H and O–H groups in total. The zero-order chi connectivity index (χ0) is 26.4. The van der Waals surface area contributed by atoms with Gasteiger partial charge < -0.3 is 15.4 Å². The van der Waals surface area contributed by atoms with E-state index in [2.05, 4.69) is 20.3 Å². The van der Waals surface area contributed by atoms with Crippen molar-refractivity contribution in [3.05, 3.63) is 45.9 Å². The number of aromatic nitrogens is 1. The summed E-state index contributed by atoms with van der Waals surface area (Å²) >= 11 is 1.47. The SMILES string of the molecule is CCc1csc([C@H](Cc2ccc(NS(C)(=O)=O)cc2)NC(=O)C(NC(=O)OC(C)(C)C)C(C)C)n1. The summed E-state index contributed by atoms with van der Waals surface area (Å²) < 4.78 is 30.7. The van der Waals surface area contributed by atoms with Gasteiger partial charge in [0.25, 0.3) is 0 Å². The van der Waals surface area contributed by atoms with Crippen molar-refractivity contribution < 1.29 is 22.7 Å². The van der Waals surface area contributed by atoms with Crippen LogP contribution in [0.15, 0.2) is 29.6 Å². The molecule has 1 unspecified atom stereocenters. The van der Waals surface area contributed by atoms with Crippen molar-refractivity contribution in [3.63, 3.8) is 0 Å². The highest BCUT2D eigenvalue weighted by Crippen LogP contribution is 2.24. The summed E-state index contributed by atoms with van der Waals surface area (Å²) in [6.07, 6.45) is 1.66. The van der Waals surface area contributed by atoms with Crippen LogP contribution in [0.2, 0.25) is 0 Å². The fourth-order valence-corrected chi connectivity index (χ4v) is 4.75. The average molecular weight is 525 g/mol. The van der Waals surface area contributed by atoms with Crippen LogP contribution in [0, 0.1) is 5.92 Å². The Labute approximate surface area is 212 Å². The monoisotopic (exact) mass is 524 g/mol. The Morgan fingerprint density at radius 1 is 1.11 bits per heavy atom. The summed E-state index contributed by atoms with van der Waals surface area (Å²) in [7, 11) is -3.37. The third-order valence-corrected chi connectivity index (χ3v) is 6.48. The molecule has 0 saturated heterocycles. The minimum absolute atomic E-state index is 0.174. The highest BCUT2D eigenvalue weighted by molar-refractivity contribution is 7.92. The molecule has 0 radical (unpaired) electrons. The number of rotatable bonds is 10. The van der Waals surface area contributed by atoms with Crippen molar-refractivity contribution in [2.75, 3.05) is 11.0 Å². The average Bonchev–Trinajstić information content (AvgIpc) is 3.19. The molecule has 2 amide bonds. The van der Waals surface area contributed by atoms with E-state index in [0.717, 1.165) is 28.9 Å². The number of hydrogen-bond donors (Lipinski definition) is 3. The zero-order valence-electron chi connectivity index (χ0n) is 21.3. The first-order chi connectivity index (χ1) is 16.2. The molecule has 0 saturated carbocycles. The fourth-order valence-electron chi connectivity index (χ4n) is 3.23. The van der Waals surface area contributed by atoms with Crippen molar-refractivity contribution in [3.8, 4) is 0 Å². The first kappa shape index (κ1) is 28.6. The van der Waals surface area contributed by atoms with Crippen molar-refractivity contribution in [1.29, 1.82) is 0 Å². The summed E-state index contributed by atoms with van der Waals surface area (Å²) in [6, 6.07) is 5.74. The lowest BCUT2D eigenvalue weighted by molar-refractivity contribution is -0.125. The van der Waals surface area contributed by atoms with Gasteiger partial charge in [-0.25, -0.2) is 18.2 Å². The molecule has 2 rings (SSSR count). The summed E-state index contributed by atoms with van der Waals surface area (Å²) in [5.41, 5.74) is 1.61. The molecule has 0 aliphatic carbocycles. The number of nitrogens with zero attached hydrogens (tertiary/aromatic N) is 1. The van der Waals surface area contributed by atoms with Crippen LogP contribution in [0.25, 0.3) is 0 Å². The van der Waals surface area contributed by atoms with Crippen molar-refractivity contribution >= 4 is 39.0 Å². The Kier molecular flexibility index (Phi) is 9.68. The number of anilines is 1. The molecule has 0 aliphatic rings. The molecule has 2 atom stereocenters. The Balaban J connectivity index is 2.23. The summed E-state index contributed by atoms with van der Waals surface area (Å²) in [6.45, 7) is 11.0. The highest BCUT2D eigenvalue weighted by atomic mass is 32.2. The first-order valence-corrected chi connectivity index (χ1v) is 14.2. The largest absolute Gasteiger partial charge is 0.444 e. The molecular weight excluding hydrogens is 488 g/mol. The van der Waals surface area contributed by atoms with Crippen LogP contribution in [0.1, 0.15) is 63.8 Å². The molecule has 2 aromatic rings. The van der Waals surface area contributed by atoms with E-state index in [4.69, 9.17) is 4.74 Å². The van der Waals surface area contributed by atoms with Crippen LogP contribution in [-0.4, -0.2) is 43.3 Å². The maximum atomic E-state index is 13.3. The number of aryl methyl sites for hydroxylation is 1. The third kappa shape index (κ3) is 9.85. The standard InChI is InChI=1S/C24H36N4O5S2/c1-8-17-14-34-22(25-17)19(13-16-9-11-18(12-10-16)28-35(7,31)32)26-21(29)20(15(2)3)27-23(30)33-24(4,5)6/h9-12,14-15,19-20,28H,8,13H2,1-7H3,(H,26,29)(H,27,30)/t19-,20?/m0/s1. The molecule has 0 spiro atoms. The van der Waals surface area contributed by atoms with Crippen LogP contribution in [-0.2, 0) is 32.4 Å². The second kappa shape index (κ2) is 11.9. The number of carbonyl (C=O) groups excluding carboxylic acids is 2. The van der Waals surface area contributed by atoms with Gasteiger partial charge in [0.1, 0.15) is 16.7 Å². The normalized spacial score (nSPS) is 13.7. The van der Waals surface area contributed by atoms with Gasteiger partial charge in [-0.3, -0.25) is 9.52 Å². The lowest BCUT2D eigenvalue weighted by atomic mass is 10.0. The molecular formula is C24H36N4O5S2. The van der Waals surface area contributed by atoms with Gasteiger partial charge in [-0.1, -0.05) is 32.9 Å². The maximum absolute atomic E-state index is 13.3. The van der Waals surface area contributed by atoms with Crippen molar-refractivity contribution in [1.82, 2.24) is 15.6 Å². The molecule has 194 valence electrons. The topological polar surface area (TPSA) is 126 Å². The van der Waals surface area contributed by atoms with Gasteiger partial charge in [0.15, 0.2) is 0 Å². The molecule has 1 aromatic carbocycles. The van der Waals surface area contributed by atoms with E-state index in [1.165, 1.54) is 11.3 Å². The molecule has 9 nitrogen and oxygen atoms in total. The van der Waals surface area contributed by atoms with Crippen LogP contribution < -0.4 is 15.4 Å². The minimum Gasteiger partial charge on any atom is -0.444 e. The molecule has 1 heterocycles. The second-order valence-electron chi connectivity index (χ2n) is 9.74. The van der Waals surface area contributed by atoms with E-state index in [-0.39, 0.29) is 11.8 Å². The Morgan fingerprint density at radius 2 is 1.74 bits per heavy atom. The molecule has 0 aliphatic heterocycles. The molecule has 1 aromatic heterocycles. The number of thiazole rings is 1. The van der Waals surface area contributed by atoms with Gasteiger partial charge in [0, 0.05) is 11.1 Å². The molecule has 11 heteroatoms. The molecule has 35 heavy (non-hydrogen) atoms. The highest BCUT2D eigenvalue weighted by Gasteiger charge is 2.29. The minimum atomic E-state index is -3.37. The predicted octanol–water partition coefficient (Wildman–Crippen LogP) is 4.03. The van der Waals surface area contributed by atoms with Gasteiger partial charge in [-0.05, 0) is 57.2 Å². The Morgan fingerprint density at radius 3 is 2.23 bits per heavy atom. The number of ether oxygens (including phenoxy) is 1. The van der Waals surface area contributed by atoms with E-state index >= 15 is 0 Å². The number of nitrogens with one attached hydrogen (secondary N) is 3. The quantitative estimate of drug-likeness (QED) is 0.431. The summed E-state index contributed by atoms with van der Waals surface area (Å²) in [4.78, 5) is 30.2. The van der Waals surface area contributed by atoms with E-state index in [0.29, 0.717) is 12.1 Å². The van der Waals surface area contributed by atoms with Crippen LogP contribution in [0.3, 0.4) is 0 Å². The summed E-state index contributed by atoms with van der Waals surface area (Å²) in [5, 5.41) is 8.46. The van der Waals surface area contributed by atoms with Crippen LogP contribution in [0.5, 0.6) is 0 Å². The third-order valence-electron chi connectivity index (χ3n) is 4.86. The van der Waals surface area contributed by atoms with Gasteiger partial charge in [0.05, 0.1) is 18.0 Å². The molecule has 0 fully saturated rings. The number of amides is 2. The van der Waals surface area contributed by atoms with Gasteiger partial charge in [0.2, 0.25) is 15.9 Å². The van der Waals surface area contributed by atoms with E-state index in [1.807, 2.05) is 26.2 Å². The predicted molar refractivity (Wildman–Crippen MR) is 139 cm³/mol. The second-order valence-corrected chi connectivity index (χ2v) is 12.4. The van der Waals surface area contributed by atoms with Crippen molar-refractivity contribution in [2.24, 2.45) is 5.92 Å². The van der Waals surface area contributed by atoms with Crippen LogP contribution in [0.4, 0.5) is 10.5 Å². The first-order valence-electron chi connectivity index (χ1n) is 11.5. The van der Waals surface area contributed by atoms with Crippen molar-refractivity contribution in [2.45, 2.75) is 72.1 Å². The number of hydrogen-bond acceptors (Lipinski definition) is 7. The maximum Gasteiger partial charge on any atom is 0.408 e. The zero-order valence-corrected chi connectivity index (χ0v) is 23.0. The lowest BCUT2D eigenvalue weighted by Crippen LogP contribution is -2.51. The number of alkyl carbamates (subject to hydrolysis) is 1.